The number of ether oxygens (including phenoxy) is 2. The number of rotatable bonds is 7. The van der Waals surface area contributed by atoms with Gasteiger partial charge >= 0.3 is 6.16 Å². The Bertz CT molecular complexity index is 1210. The monoisotopic (exact) mass is 518 g/mol. The summed E-state index contributed by atoms with van der Waals surface area (Å²) in [5.74, 6) is 0.578. The molecule has 0 radical (unpaired) electrons. The van der Waals surface area contributed by atoms with Crippen LogP contribution < -0.4 is 9.64 Å². The molecule has 38 heavy (non-hydrogen) atoms. The van der Waals surface area contributed by atoms with Crippen LogP contribution >= 0.6 is 0 Å². The lowest BCUT2D eigenvalue weighted by molar-refractivity contribution is -0.133. The van der Waals surface area contributed by atoms with Gasteiger partial charge in [-0.05, 0) is 43.5 Å². The molecule has 8 nitrogen and oxygen atoms in total. The van der Waals surface area contributed by atoms with Crippen LogP contribution in [-0.2, 0) is 9.53 Å². The zero-order valence-electron chi connectivity index (χ0n) is 22.2. The zero-order valence-corrected chi connectivity index (χ0v) is 22.2. The molecule has 0 saturated carbocycles. The number of H-pyrrole nitrogens is 1. The van der Waals surface area contributed by atoms with Crippen molar-refractivity contribution in [3.63, 3.8) is 0 Å². The van der Waals surface area contributed by atoms with Gasteiger partial charge in [0.25, 0.3) is 0 Å². The highest BCUT2D eigenvalue weighted by Gasteiger charge is 2.28. The van der Waals surface area contributed by atoms with Crippen molar-refractivity contribution < 1.29 is 19.1 Å². The number of aromatic amines is 1. The number of piperazine rings is 1. The third-order valence-electron chi connectivity index (χ3n) is 7.84. The van der Waals surface area contributed by atoms with E-state index >= 15 is 0 Å². The fourth-order valence-corrected chi connectivity index (χ4v) is 5.73. The highest BCUT2D eigenvalue weighted by molar-refractivity contribution is 5.94. The van der Waals surface area contributed by atoms with Gasteiger partial charge in [0, 0.05) is 56.4 Å². The number of hydrogen-bond acceptors (Lipinski definition) is 6. The summed E-state index contributed by atoms with van der Waals surface area (Å²) in [6.07, 6.45) is 4.76. The van der Waals surface area contributed by atoms with E-state index in [1.807, 2.05) is 36.4 Å². The summed E-state index contributed by atoms with van der Waals surface area (Å²) in [5, 5.41) is 1.02. The van der Waals surface area contributed by atoms with Gasteiger partial charge < -0.3 is 24.3 Å². The lowest BCUT2D eigenvalue weighted by Crippen LogP contribution is -2.47. The van der Waals surface area contributed by atoms with Crippen molar-refractivity contribution >= 4 is 28.7 Å². The predicted octanol–water partition coefficient (Wildman–Crippen LogP) is 5.01. The number of hydrogen-bond donors (Lipinski definition) is 1. The third-order valence-corrected chi connectivity index (χ3v) is 7.84. The van der Waals surface area contributed by atoms with Crippen molar-refractivity contribution in [2.45, 2.75) is 38.0 Å². The van der Waals surface area contributed by atoms with Crippen LogP contribution in [0.5, 0.6) is 5.88 Å². The average Bonchev–Trinajstić information content (AvgIpc) is 3.17. The maximum absolute atomic E-state index is 13.6. The molecule has 1 amide bonds. The van der Waals surface area contributed by atoms with Gasteiger partial charge in [-0.2, -0.15) is 0 Å². The van der Waals surface area contributed by atoms with Crippen molar-refractivity contribution in [1.29, 1.82) is 0 Å². The summed E-state index contributed by atoms with van der Waals surface area (Å²) >= 11 is 0. The molecule has 1 unspecified atom stereocenters. The van der Waals surface area contributed by atoms with Crippen LogP contribution in [0, 0.1) is 0 Å². The molecule has 1 N–H and O–H groups in total. The standard InChI is InChI=1S/C30H38N4O4/c1-37-30(36)38-28-22-25-26(31-28)12-9-13-27(25)33-20-18-32(19-21-33)17-14-24(23-10-5-4-6-11-23)29(35)34-15-7-2-3-8-16-34/h4-6,9-13,22,24,31H,2-3,7-8,14-21H2,1H3. The first-order chi connectivity index (χ1) is 18.6. The van der Waals surface area contributed by atoms with E-state index in [1.165, 1.54) is 20.0 Å². The number of nitrogens with one attached hydrogen (secondary N) is 1. The van der Waals surface area contributed by atoms with Crippen LogP contribution in [0.1, 0.15) is 43.6 Å². The lowest BCUT2D eigenvalue weighted by atomic mass is 9.93. The molecular weight excluding hydrogens is 480 g/mol. The van der Waals surface area contributed by atoms with Gasteiger partial charge in [-0.15, -0.1) is 0 Å². The summed E-state index contributed by atoms with van der Waals surface area (Å²) in [6, 6.07) is 18.3. The minimum Gasteiger partial charge on any atom is -0.437 e. The summed E-state index contributed by atoms with van der Waals surface area (Å²) in [4.78, 5) is 35.3. The first-order valence-corrected chi connectivity index (χ1v) is 13.8. The molecule has 0 aliphatic carbocycles. The minimum atomic E-state index is -0.741. The molecule has 3 heterocycles. The average molecular weight is 519 g/mol. The Labute approximate surface area is 224 Å². The minimum absolute atomic E-state index is 0.0887. The molecule has 2 aliphatic heterocycles. The Balaban J connectivity index is 1.21. The highest BCUT2D eigenvalue weighted by Crippen LogP contribution is 2.31. The fraction of sp³-hybridized carbons (Fsp3) is 0.467. The fourth-order valence-electron chi connectivity index (χ4n) is 5.73. The molecule has 2 fully saturated rings. The number of amides is 1. The van der Waals surface area contributed by atoms with Crippen LogP contribution in [0.2, 0.25) is 0 Å². The molecule has 2 saturated heterocycles. The normalized spacial score (nSPS) is 17.7. The van der Waals surface area contributed by atoms with Crippen LogP contribution in [0.25, 0.3) is 10.9 Å². The third kappa shape index (κ3) is 6.13. The number of methoxy groups -OCH3 is 1. The Morgan fingerprint density at radius 3 is 2.34 bits per heavy atom. The molecular formula is C30H38N4O4. The second-order valence-electron chi connectivity index (χ2n) is 10.2. The van der Waals surface area contributed by atoms with Gasteiger partial charge in [0.15, 0.2) is 0 Å². The van der Waals surface area contributed by atoms with E-state index < -0.39 is 6.16 Å². The first-order valence-electron chi connectivity index (χ1n) is 13.8. The van der Waals surface area contributed by atoms with Crippen molar-refractivity contribution in [3.8, 4) is 5.88 Å². The molecule has 2 aliphatic rings. The number of benzene rings is 2. The van der Waals surface area contributed by atoms with Crippen LogP contribution in [0.4, 0.5) is 10.5 Å². The molecule has 0 spiro atoms. The van der Waals surface area contributed by atoms with Gasteiger partial charge in [-0.25, -0.2) is 4.79 Å². The largest absolute Gasteiger partial charge is 0.514 e. The van der Waals surface area contributed by atoms with Crippen LogP contribution in [-0.4, -0.2) is 79.8 Å². The maximum Gasteiger partial charge on any atom is 0.514 e. The van der Waals surface area contributed by atoms with E-state index in [0.717, 1.165) is 87.2 Å². The molecule has 3 aromatic rings. The molecule has 2 aromatic carbocycles. The number of fused-ring (bicyclic) bond motifs is 1. The van der Waals surface area contributed by atoms with E-state index in [2.05, 4.69) is 42.6 Å². The highest BCUT2D eigenvalue weighted by atomic mass is 16.7. The predicted molar refractivity (Wildman–Crippen MR) is 149 cm³/mol. The molecule has 1 aromatic heterocycles. The Kier molecular flexibility index (Phi) is 8.48. The Hall–Kier alpha value is -3.52. The molecule has 0 bridgehead atoms. The maximum atomic E-state index is 13.6. The summed E-state index contributed by atoms with van der Waals surface area (Å²) in [5.41, 5.74) is 3.17. The van der Waals surface area contributed by atoms with Crippen LogP contribution in [0.3, 0.4) is 0 Å². The number of aromatic nitrogens is 1. The van der Waals surface area contributed by atoms with Gasteiger partial charge in [-0.1, -0.05) is 49.2 Å². The smallest absolute Gasteiger partial charge is 0.437 e. The summed E-state index contributed by atoms with van der Waals surface area (Å²) < 4.78 is 9.80. The van der Waals surface area contributed by atoms with Gasteiger partial charge in [0.05, 0.1) is 18.5 Å². The van der Waals surface area contributed by atoms with Crippen molar-refractivity contribution in [2.24, 2.45) is 0 Å². The van der Waals surface area contributed by atoms with Crippen molar-refractivity contribution in [2.75, 3.05) is 57.8 Å². The topological polar surface area (TPSA) is 78.1 Å². The molecule has 1 atom stereocenters. The molecule has 202 valence electrons. The number of anilines is 1. The van der Waals surface area contributed by atoms with Gasteiger partial charge in [0.1, 0.15) is 0 Å². The second kappa shape index (κ2) is 12.3. The van der Waals surface area contributed by atoms with Crippen LogP contribution in [0.15, 0.2) is 54.6 Å². The molecule has 5 rings (SSSR count). The van der Waals surface area contributed by atoms with Crippen molar-refractivity contribution in [3.05, 3.63) is 60.2 Å². The van der Waals surface area contributed by atoms with Gasteiger partial charge in [0.2, 0.25) is 11.8 Å². The lowest BCUT2D eigenvalue weighted by Gasteiger charge is -2.37. The van der Waals surface area contributed by atoms with Gasteiger partial charge in [-0.3, -0.25) is 9.69 Å². The summed E-state index contributed by atoms with van der Waals surface area (Å²) in [6.45, 7) is 6.34. The second-order valence-corrected chi connectivity index (χ2v) is 10.2. The summed E-state index contributed by atoms with van der Waals surface area (Å²) in [7, 11) is 1.29. The number of carbonyl (C=O) groups excluding carboxylic acids is 2. The number of likely N-dealkylation sites (tertiary alicyclic amines) is 1. The van der Waals surface area contributed by atoms with E-state index in [0.29, 0.717) is 11.8 Å². The van der Waals surface area contributed by atoms with E-state index in [1.54, 1.807) is 0 Å². The Morgan fingerprint density at radius 2 is 1.63 bits per heavy atom. The Morgan fingerprint density at radius 1 is 0.895 bits per heavy atom. The zero-order chi connectivity index (χ0) is 26.3. The quantitative estimate of drug-likeness (QED) is 0.443. The molecule has 8 heteroatoms. The SMILES string of the molecule is COC(=O)Oc1cc2c(N3CCN(CCC(C(=O)N4CCCCCC4)c4ccccc4)CC3)cccc2[nH]1. The van der Waals surface area contributed by atoms with E-state index in [4.69, 9.17) is 4.74 Å². The number of carbonyl (C=O) groups is 2. The van der Waals surface area contributed by atoms with Crippen molar-refractivity contribution in [1.82, 2.24) is 14.8 Å². The van der Waals surface area contributed by atoms with E-state index in [9.17, 15) is 9.59 Å². The first kappa shape index (κ1) is 26.1. The number of nitrogens with zero attached hydrogens (tertiary/aromatic N) is 3. The van der Waals surface area contributed by atoms with E-state index in [-0.39, 0.29) is 5.92 Å².